The molecule has 6 rings (SSSR count). The van der Waals surface area contributed by atoms with Crippen molar-refractivity contribution < 1.29 is 24.0 Å². The molecule has 1 aliphatic rings. The van der Waals surface area contributed by atoms with Crippen LogP contribution in [0.2, 0.25) is 0 Å². The SMILES string of the molecule is CC(=O)c1ccc(C2=C(c3ccc(C(C)=O)cc3)C(c3ccc(C(C)=O)cc3)C(c3ccc(C(C)=O)cc3)=C2c2ccc(C(C)=O)cc2)cc1. The monoisotopic (exact) mass is 656 g/mol. The normalized spacial score (nSPS) is 13.1. The fourth-order valence-corrected chi connectivity index (χ4v) is 6.68. The second-order valence-corrected chi connectivity index (χ2v) is 12.7. The predicted molar refractivity (Wildman–Crippen MR) is 199 cm³/mol. The summed E-state index contributed by atoms with van der Waals surface area (Å²) in [5, 5.41) is 0. The molecule has 246 valence electrons. The zero-order valence-electron chi connectivity index (χ0n) is 28.7. The summed E-state index contributed by atoms with van der Waals surface area (Å²) >= 11 is 0. The van der Waals surface area contributed by atoms with E-state index in [4.69, 9.17) is 0 Å². The Balaban J connectivity index is 1.76. The number of allylic oxidation sites excluding steroid dienone is 4. The Bertz CT molecular complexity index is 2090. The summed E-state index contributed by atoms with van der Waals surface area (Å²) < 4.78 is 0. The largest absolute Gasteiger partial charge is 0.295 e. The van der Waals surface area contributed by atoms with Crippen LogP contribution in [0.4, 0.5) is 0 Å². The Kier molecular flexibility index (Phi) is 9.34. The standard InChI is InChI=1S/C45H36O5/c1-26(46)31-6-16-36(17-7-31)41-42(37-18-8-32(9-19-37)27(2)47)44(39-22-12-34(13-23-39)29(4)49)45(40-24-14-35(15-25-40)30(5)50)43(41)38-20-10-33(11-21-38)28(3)48/h6-25,41H,1-5H3. The molecule has 0 fully saturated rings. The van der Waals surface area contributed by atoms with E-state index in [1.807, 2.05) is 121 Å². The third kappa shape index (κ3) is 6.50. The van der Waals surface area contributed by atoms with Crippen LogP contribution in [0.15, 0.2) is 121 Å². The van der Waals surface area contributed by atoms with Gasteiger partial charge >= 0.3 is 0 Å². The zero-order chi connectivity index (χ0) is 35.7. The lowest BCUT2D eigenvalue weighted by Gasteiger charge is -2.22. The highest BCUT2D eigenvalue weighted by molar-refractivity contribution is 6.30. The maximum absolute atomic E-state index is 12.3. The minimum atomic E-state index is -0.354. The van der Waals surface area contributed by atoms with E-state index in [-0.39, 0.29) is 34.8 Å². The molecule has 5 nitrogen and oxygen atoms in total. The number of Topliss-reactive ketones (excluding diaryl/α,β-unsaturated/α-hetero) is 5. The average Bonchev–Trinajstić information content (AvgIpc) is 3.48. The highest BCUT2D eigenvalue weighted by Crippen LogP contribution is 2.58. The first-order chi connectivity index (χ1) is 23.9. The van der Waals surface area contributed by atoms with Crippen molar-refractivity contribution >= 4 is 51.2 Å². The van der Waals surface area contributed by atoms with Gasteiger partial charge in [-0.1, -0.05) is 121 Å². The van der Waals surface area contributed by atoms with Crippen LogP contribution in [0.3, 0.4) is 0 Å². The predicted octanol–water partition coefficient (Wildman–Crippen LogP) is 10.0. The lowest BCUT2D eigenvalue weighted by Crippen LogP contribution is -2.05. The van der Waals surface area contributed by atoms with E-state index >= 15 is 0 Å². The van der Waals surface area contributed by atoms with E-state index in [1.54, 1.807) is 20.8 Å². The summed E-state index contributed by atoms with van der Waals surface area (Å²) in [7, 11) is 0. The number of benzene rings is 5. The Hall–Kier alpha value is -6.07. The van der Waals surface area contributed by atoms with Crippen LogP contribution in [0, 0.1) is 0 Å². The van der Waals surface area contributed by atoms with E-state index in [2.05, 4.69) is 0 Å². The van der Waals surface area contributed by atoms with Crippen LogP contribution in [-0.2, 0) is 0 Å². The second kappa shape index (κ2) is 13.8. The van der Waals surface area contributed by atoms with Gasteiger partial charge in [-0.25, -0.2) is 0 Å². The molecule has 0 aromatic heterocycles. The molecule has 1 aliphatic carbocycles. The molecule has 0 spiro atoms. The maximum Gasteiger partial charge on any atom is 0.159 e. The molecule has 0 saturated heterocycles. The topological polar surface area (TPSA) is 85.3 Å². The van der Waals surface area contributed by atoms with Crippen LogP contribution in [0.25, 0.3) is 22.3 Å². The lowest BCUT2D eigenvalue weighted by atomic mass is 9.80. The van der Waals surface area contributed by atoms with Crippen molar-refractivity contribution in [3.63, 3.8) is 0 Å². The van der Waals surface area contributed by atoms with Gasteiger partial charge in [-0.05, 0) is 84.7 Å². The molecule has 0 amide bonds. The molecular formula is C45H36O5. The van der Waals surface area contributed by atoms with Crippen LogP contribution >= 0.6 is 0 Å². The third-order valence-corrected chi connectivity index (χ3v) is 9.38. The minimum Gasteiger partial charge on any atom is -0.295 e. The number of carbonyl (C=O) groups excluding carboxylic acids is 5. The van der Waals surface area contributed by atoms with Gasteiger partial charge in [0.25, 0.3) is 0 Å². The molecular weight excluding hydrogens is 620 g/mol. The number of hydrogen-bond donors (Lipinski definition) is 0. The first-order valence-electron chi connectivity index (χ1n) is 16.5. The maximum atomic E-state index is 12.3. The van der Waals surface area contributed by atoms with Crippen molar-refractivity contribution in [2.45, 2.75) is 40.5 Å². The molecule has 5 aromatic rings. The molecule has 0 aliphatic heterocycles. The van der Waals surface area contributed by atoms with Crippen molar-refractivity contribution in [3.05, 3.63) is 177 Å². The number of ketones is 5. The quantitative estimate of drug-likeness (QED) is 0.140. The smallest absolute Gasteiger partial charge is 0.159 e. The zero-order valence-corrected chi connectivity index (χ0v) is 28.7. The van der Waals surface area contributed by atoms with Crippen molar-refractivity contribution in [1.82, 2.24) is 0 Å². The van der Waals surface area contributed by atoms with Gasteiger partial charge in [0.1, 0.15) is 0 Å². The minimum absolute atomic E-state index is 0.0355. The number of rotatable bonds is 10. The van der Waals surface area contributed by atoms with Crippen molar-refractivity contribution in [2.24, 2.45) is 0 Å². The van der Waals surface area contributed by atoms with Gasteiger partial charge in [-0.15, -0.1) is 0 Å². The van der Waals surface area contributed by atoms with Gasteiger partial charge in [0, 0.05) is 33.7 Å². The third-order valence-electron chi connectivity index (χ3n) is 9.38. The molecule has 0 radical (unpaired) electrons. The van der Waals surface area contributed by atoms with Gasteiger partial charge in [0.2, 0.25) is 0 Å². The average molecular weight is 657 g/mol. The van der Waals surface area contributed by atoms with Crippen LogP contribution < -0.4 is 0 Å². The molecule has 0 N–H and O–H groups in total. The van der Waals surface area contributed by atoms with Gasteiger partial charge in [-0.3, -0.25) is 24.0 Å². The summed E-state index contributed by atoms with van der Waals surface area (Å²) in [5.74, 6) is -0.545. The first-order valence-corrected chi connectivity index (χ1v) is 16.5. The molecule has 0 bridgehead atoms. The highest BCUT2D eigenvalue weighted by Gasteiger charge is 2.38. The second-order valence-electron chi connectivity index (χ2n) is 12.7. The van der Waals surface area contributed by atoms with Crippen LogP contribution in [0.1, 0.15) is 120 Å². The summed E-state index contributed by atoms with van der Waals surface area (Å²) in [5.41, 5.74) is 11.3. The summed E-state index contributed by atoms with van der Waals surface area (Å²) in [6.45, 7) is 7.70. The molecule has 0 atom stereocenters. The lowest BCUT2D eigenvalue weighted by molar-refractivity contribution is 0.100. The van der Waals surface area contributed by atoms with Gasteiger partial charge in [0.15, 0.2) is 28.9 Å². The van der Waals surface area contributed by atoms with Crippen molar-refractivity contribution in [2.75, 3.05) is 0 Å². The van der Waals surface area contributed by atoms with Gasteiger partial charge in [-0.2, -0.15) is 0 Å². The van der Waals surface area contributed by atoms with E-state index in [1.165, 1.54) is 13.8 Å². The Morgan fingerprint density at radius 2 is 0.540 bits per heavy atom. The summed E-state index contributed by atoms with van der Waals surface area (Å²) in [6, 6.07) is 37.9. The van der Waals surface area contributed by atoms with Crippen molar-refractivity contribution in [3.8, 4) is 0 Å². The summed E-state index contributed by atoms with van der Waals surface area (Å²) in [6.07, 6.45) is 0. The highest BCUT2D eigenvalue weighted by atomic mass is 16.1. The Morgan fingerprint density at radius 1 is 0.320 bits per heavy atom. The van der Waals surface area contributed by atoms with Crippen molar-refractivity contribution in [1.29, 1.82) is 0 Å². The molecule has 5 aromatic carbocycles. The Morgan fingerprint density at radius 3 is 0.780 bits per heavy atom. The fraction of sp³-hybridized carbons (Fsp3) is 0.133. The van der Waals surface area contributed by atoms with E-state index in [0.717, 1.165) is 50.1 Å². The summed E-state index contributed by atoms with van der Waals surface area (Å²) in [4.78, 5) is 61.6. The molecule has 0 saturated carbocycles. The van der Waals surface area contributed by atoms with Gasteiger partial charge in [0.05, 0.1) is 0 Å². The van der Waals surface area contributed by atoms with E-state index in [9.17, 15) is 24.0 Å². The Labute approximate surface area is 292 Å². The number of carbonyl (C=O) groups is 5. The van der Waals surface area contributed by atoms with Crippen LogP contribution in [0.5, 0.6) is 0 Å². The van der Waals surface area contributed by atoms with Gasteiger partial charge < -0.3 is 0 Å². The molecule has 0 heterocycles. The number of hydrogen-bond acceptors (Lipinski definition) is 5. The van der Waals surface area contributed by atoms with Crippen LogP contribution in [-0.4, -0.2) is 28.9 Å². The molecule has 5 heteroatoms. The first kappa shape index (κ1) is 33.8. The molecule has 50 heavy (non-hydrogen) atoms. The fourth-order valence-electron chi connectivity index (χ4n) is 6.68. The molecule has 0 unspecified atom stereocenters. The van der Waals surface area contributed by atoms with E-state index in [0.29, 0.717) is 27.8 Å². The van der Waals surface area contributed by atoms with E-state index < -0.39 is 0 Å².